The third kappa shape index (κ3) is 9.77. The number of esters is 1. The quantitative estimate of drug-likeness (QED) is 0.125. The van der Waals surface area contributed by atoms with E-state index in [0.29, 0.717) is 36.8 Å². The van der Waals surface area contributed by atoms with Crippen molar-refractivity contribution in [3.05, 3.63) is 82.4 Å². The second-order valence-electron chi connectivity index (χ2n) is 9.15. The minimum atomic E-state index is -0.838. The van der Waals surface area contributed by atoms with Gasteiger partial charge in [0.25, 0.3) is 0 Å². The van der Waals surface area contributed by atoms with E-state index < -0.39 is 17.6 Å². The first kappa shape index (κ1) is 28.4. The lowest BCUT2D eigenvalue weighted by molar-refractivity contribution is -0.140. The van der Waals surface area contributed by atoms with E-state index in [2.05, 4.69) is 25.6 Å². The molecule has 0 radical (unpaired) electrons. The predicted octanol–water partition coefficient (Wildman–Crippen LogP) is 7.31. The highest BCUT2D eigenvalue weighted by molar-refractivity contribution is 5.86. The summed E-state index contributed by atoms with van der Waals surface area (Å²) in [7, 11) is 0. The van der Waals surface area contributed by atoms with Crippen molar-refractivity contribution in [1.82, 2.24) is 0 Å². The molecular weight excluding hydrogens is 446 g/mol. The molecule has 5 heteroatoms. The first-order valence-corrected chi connectivity index (χ1v) is 12.5. The molecule has 2 aromatic rings. The van der Waals surface area contributed by atoms with Crippen LogP contribution < -0.4 is 0 Å². The summed E-state index contributed by atoms with van der Waals surface area (Å²) in [5, 5.41) is 9.47. The Bertz CT molecular complexity index is 980. The van der Waals surface area contributed by atoms with Crippen molar-refractivity contribution < 1.29 is 23.4 Å². The normalized spacial score (nSPS) is 12.1. The van der Waals surface area contributed by atoms with Crippen LogP contribution in [-0.2, 0) is 22.4 Å². The SMILES string of the molecule is C=C(C)C(=O)OCC(CO)CCCCc1ccc(/C=C/c2ccc(CCCCC)cc2)c(F)c1F. The highest BCUT2D eigenvalue weighted by Gasteiger charge is 2.14. The van der Waals surface area contributed by atoms with Crippen LogP contribution >= 0.6 is 0 Å². The fourth-order valence-electron chi connectivity index (χ4n) is 3.78. The Morgan fingerprint density at radius 3 is 2.37 bits per heavy atom. The molecular formula is C30H38F2O3. The molecule has 0 fully saturated rings. The van der Waals surface area contributed by atoms with Gasteiger partial charge in [-0.1, -0.05) is 81.3 Å². The van der Waals surface area contributed by atoms with Gasteiger partial charge < -0.3 is 9.84 Å². The monoisotopic (exact) mass is 484 g/mol. The second kappa shape index (κ2) is 15.3. The van der Waals surface area contributed by atoms with Crippen LogP contribution in [0, 0.1) is 17.6 Å². The van der Waals surface area contributed by atoms with Gasteiger partial charge in [-0.15, -0.1) is 0 Å². The maximum absolute atomic E-state index is 14.6. The summed E-state index contributed by atoms with van der Waals surface area (Å²) in [5.41, 5.74) is 3.10. The summed E-state index contributed by atoms with van der Waals surface area (Å²) in [6, 6.07) is 11.4. The molecule has 1 atom stereocenters. The van der Waals surface area contributed by atoms with Crippen molar-refractivity contribution in [2.45, 2.75) is 65.2 Å². The van der Waals surface area contributed by atoms with Crippen LogP contribution in [0.4, 0.5) is 8.78 Å². The number of carbonyl (C=O) groups is 1. The molecule has 1 unspecified atom stereocenters. The minimum Gasteiger partial charge on any atom is -0.462 e. The van der Waals surface area contributed by atoms with E-state index in [1.807, 2.05) is 12.1 Å². The lowest BCUT2D eigenvalue weighted by Crippen LogP contribution is -2.17. The number of benzene rings is 2. The smallest absolute Gasteiger partial charge is 0.333 e. The summed E-state index contributed by atoms with van der Waals surface area (Å²) in [4.78, 5) is 11.5. The molecule has 2 aromatic carbocycles. The molecule has 0 saturated heterocycles. The number of halogens is 2. The summed E-state index contributed by atoms with van der Waals surface area (Å²) < 4.78 is 34.3. The first-order valence-electron chi connectivity index (χ1n) is 12.5. The number of carbonyl (C=O) groups excluding carboxylic acids is 1. The molecule has 0 saturated carbocycles. The number of aliphatic hydroxyl groups is 1. The van der Waals surface area contributed by atoms with E-state index in [-0.39, 0.29) is 24.7 Å². The summed E-state index contributed by atoms with van der Waals surface area (Å²) in [6.07, 6.45) is 10.4. The number of rotatable bonds is 15. The molecule has 190 valence electrons. The van der Waals surface area contributed by atoms with Crippen molar-refractivity contribution >= 4 is 18.1 Å². The second-order valence-corrected chi connectivity index (χ2v) is 9.15. The number of aliphatic hydroxyl groups excluding tert-OH is 1. The summed E-state index contributed by atoms with van der Waals surface area (Å²) in [6.45, 7) is 7.29. The van der Waals surface area contributed by atoms with Gasteiger partial charge in [-0.2, -0.15) is 0 Å². The Hall–Kier alpha value is -2.79. The van der Waals surface area contributed by atoms with Crippen molar-refractivity contribution in [1.29, 1.82) is 0 Å². The third-order valence-corrected chi connectivity index (χ3v) is 6.06. The molecule has 0 spiro atoms. The maximum atomic E-state index is 14.6. The average Bonchev–Trinajstić information content (AvgIpc) is 2.86. The van der Waals surface area contributed by atoms with E-state index in [4.69, 9.17) is 4.74 Å². The van der Waals surface area contributed by atoms with Crippen LogP contribution in [-0.4, -0.2) is 24.3 Å². The van der Waals surface area contributed by atoms with Crippen LogP contribution in [0.25, 0.3) is 12.2 Å². The van der Waals surface area contributed by atoms with E-state index in [0.717, 1.165) is 12.0 Å². The highest BCUT2D eigenvalue weighted by Crippen LogP contribution is 2.21. The molecule has 0 aliphatic rings. The van der Waals surface area contributed by atoms with E-state index >= 15 is 0 Å². The van der Waals surface area contributed by atoms with Gasteiger partial charge in [0.1, 0.15) is 0 Å². The zero-order valence-electron chi connectivity index (χ0n) is 21.0. The number of hydrogen-bond acceptors (Lipinski definition) is 3. The molecule has 0 heterocycles. The lowest BCUT2D eigenvalue weighted by Gasteiger charge is -2.14. The van der Waals surface area contributed by atoms with Gasteiger partial charge in [0, 0.05) is 23.7 Å². The predicted molar refractivity (Wildman–Crippen MR) is 139 cm³/mol. The fraction of sp³-hybridized carbons (Fsp3) is 0.433. The van der Waals surface area contributed by atoms with Gasteiger partial charge in [0.2, 0.25) is 0 Å². The van der Waals surface area contributed by atoms with Crippen LogP contribution in [0.2, 0.25) is 0 Å². The Morgan fingerprint density at radius 2 is 1.71 bits per heavy atom. The average molecular weight is 485 g/mol. The Kier molecular flexibility index (Phi) is 12.4. The molecule has 35 heavy (non-hydrogen) atoms. The maximum Gasteiger partial charge on any atom is 0.333 e. The van der Waals surface area contributed by atoms with Gasteiger partial charge in [0.15, 0.2) is 11.6 Å². The fourth-order valence-corrected chi connectivity index (χ4v) is 3.78. The van der Waals surface area contributed by atoms with Gasteiger partial charge in [-0.3, -0.25) is 0 Å². The first-order chi connectivity index (χ1) is 16.8. The number of unbranched alkanes of at least 4 members (excludes halogenated alkanes) is 3. The molecule has 0 aromatic heterocycles. The molecule has 0 bridgehead atoms. The van der Waals surface area contributed by atoms with Crippen LogP contribution in [0.15, 0.2) is 48.6 Å². The van der Waals surface area contributed by atoms with Crippen LogP contribution in [0.3, 0.4) is 0 Å². The Morgan fingerprint density at radius 1 is 1.00 bits per heavy atom. The Balaban J connectivity index is 1.86. The standard InChI is InChI=1S/C30H38F2O3/c1-4-5-6-9-23-12-14-24(15-13-23)16-17-27-19-18-26(28(31)29(27)32)11-8-7-10-25(20-33)21-35-30(34)22(2)3/h12-19,25,33H,2,4-11,20-21H2,1,3H3/b17-16+. The molecule has 0 aliphatic carbocycles. The number of hydrogen-bond donors (Lipinski definition) is 1. The van der Waals surface area contributed by atoms with Gasteiger partial charge in [-0.25, -0.2) is 13.6 Å². The lowest BCUT2D eigenvalue weighted by atomic mass is 9.99. The third-order valence-electron chi connectivity index (χ3n) is 6.06. The van der Waals surface area contributed by atoms with Crippen molar-refractivity contribution in [3.63, 3.8) is 0 Å². The van der Waals surface area contributed by atoms with Gasteiger partial charge >= 0.3 is 5.97 Å². The summed E-state index contributed by atoms with van der Waals surface area (Å²) >= 11 is 0. The van der Waals surface area contributed by atoms with E-state index in [1.165, 1.54) is 24.8 Å². The van der Waals surface area contributed by atoms with E-state index in [1.54, 1.807) is 31.2 Å². The molecule has 0 aliphatic heterocycles. The topological polar surface area (TPSA) is 46.5 Å². The summed E-state index contributed by atoms with van der Waals surface area (Å²) in [5.74, 6) is -2.31. The zero-order valence-corrected chi connectivity index (χ0v) is 21.0. The Labute approximate surface area is 208 Å². The van der Waals surface area contributed by atoms with Crippen LogP contribution in [0.1, 0.15) is 74.6 Å². The van der Waals surface area contributed by atoms with Crippen molar-refractivity contribution in [2.75, 3.05) is 13.2 Å². The number of ether oxygens (including phenoxy) is 1. The van der Waals surface area contributed by atoms with Gasteiger partial charge in [0.05, 0.1) is 6.61 Å². The molecule has 0 amide bonds. The van der Waals surface area contributed by atoms with E-state index in [9.17, 15) is 18.7 Å². The van der Waals surface area contributed by atoms with Gasteiger partial charge in [-0.05, 0) is 55.7 Å². The largest absolute Gasteiger partial charge is 0.462 e. The van der Waals surface area contributed by atoms with Crippen molar-refractivity contribution in [3.8, 4) is 0 Å². The molecule has 3 nitrogen and oxygen atoms in total. The minimum absolute atomic E-state index is 0.102. The number of aryl methyl sites for hydroxylation is 2. The zero-order chi connectivity index (χ0) is 25.6. The molecule has 2 rings (SSSR count). The van der Waals surface area contributed by atoms with Crippen LogP contribution in [0.5, 0.6) is 0 Å². The highest BCUT2D eigenvalue weighted by atomic mass is 19.2. The van der Waals surface area contributed by atoms with Crippen molar-refractivity contribution in [2.24, 2.45) is 5.92 Å². The molecule has 1 N–H and O–H groups in total.